The maximum Gasteiger partial charge on any atom is 0.417 e. The fraction of sp³-hybridized carbons (Fsp3) is 0.296. The number of hydrogen-bond donors (Lipinski definition) is 1. The van der Waals surface area contributed by atoms with Crippen LogP contribution in [0.15, 0.2) is 66.0 Å². The van der Waals surface area contributed by atoms with E-state index in [-0.39, 0.29) is 12.5 Å². The molecule has 7 nitrogen and oxygen atoms in total. The van der Waals surface area contributed by atoms with Gasteiger partial charge in [-0.15, -0.1) is 0 Å². The second-order valence-corrected chi connectivity index (χ2v) is 9.51. The molecule has 5 rings (SSSR count). The largest absolute Gasteiger partial charge is 0.497 e. The maximum atomic E-state index is 13.9. The molecule has 0 saturated carbocycles. The summed E-state index contributed by atoms with van der Waals surface area (Å²) in [5.74, 6) is -0.0419. The van der Waals surface area contributed by atoms with Gasteiger partial charge in [0.2, 0.25) is 0 Å². The molecule has 0 saturated heterocycles. The molecule has 1 aromatic heterocycles. The van der Waals surface area contributed by atoms with E-state index < -0.39 is 17.6 Å². The zero-order chi connectivity index (χ0) is 24.0. The predicted molar refractivity (Wildman–Crippen MR) is 130 cm³/mol. The first kappa shape index (κ1) is 21.9. The molecule has 174 valence electrons. The third kappa shape index (κ3) is 3.77. The van der Waals surface area contributed by atoms with Gasteiger partial charge in [-0.2, -0.15) is 0 Å². The van der Waals surface area contributed by atoms with Crippen LogP contribution in [0.1, 0.15) is 44.2 Å². The lowest BCUT2D eigenvalue weighted by Gasteiger charge is -2.38. The molecule has 0 fully saturated rings. The van der Waals surface area contributed by atoms with Gasteiger partial charge >= 0.3 is 6.09 Å². The first-order chi connectivity index (χ1) is 16.3. The third-order valence-electron chi connectivity index (χ3n) is 6.12. The summed E-state index contributed by atoms with van der Waals surface area (Å²) in [5.41, 5.74) is 4.32. The third-order valence-corrected chi connectivity index (χ3v) is 6.12. The number of nitrogens with zero attached hydrogens (tertiary/aromatic N) is 2. The second-order valence-electron chi connectivity index (χ2n) is 9.51. The van der Waals surface area contributed by atoms with Crippen LogP contribution in [0, 0.1) is 0 Å². The van der Waals surface area contributed by atoms with Gasteiger partial charge in [0.25, 0.3) is 5.91 Å². The van der Waals surface area contributed by atoms with E-state index in [0.717, 1.165) is 33.4 Å². The van der Waals surface area contributed by atoms with Crippen molar-refractivity contribution in [1.82, 2.24) is 9.88 Å². The predicted octanol–water partition coefficient (Wildman–Crippen LogP) is 5.22. The average molecular weight is 458 g/mol. The fourth-order valence-corrected chi connectivity index (χ4v) is 4.71. The molecule has 2 amide bonds. The van der Waals surface area contributed by atoms with E-state index in [9.17, 15) is 9.59 Å². The Morgan fingerprint density at radius 3 is 2.74 bits per heavy atom. The zero-order valence-corrected chi connectivity index (χ0v) is 19.7. The monoisotopic (exact) mass is 457 g/mol. The van der Waals surface area contributed by atoms with Crippen LogP contribution in [-0.4, -0.2) is 41.1 Å². The maximum absolute atomic E-state index is 13.9. The van der Waals surface area contributed by atoms with Gasteiger partial charge in [0.1, 0.15) is 11.4 Å². The van der Waals surface area contributed by atoms with E-state index >= 15 is 0 Å². The number of pyridine rings is 1. The fourth-order valence-electron chi connectivity index (χ4n) is 4.71. The molecule has 1 unspecified atom stereocenters. The van der Waals surface area contributed by atoms with Gasteiger partial charge < -0.3 is 14.8 Å². The number of amides is 2. The van der Waals surface area contributed by atoms with Crippen LogP contribution in [-0.2, 0) is 9.53 Å². The molecular formula is C27H27N3O4. The molecule has 0 bridgehead atoms. The van der Waals surface area contributed by atoms with Gasteiger partial charge in [-0.3, -0.25) is 9.78 Å². The Balaban J connectivity index is 1.69. The molecule has 0 aliphatic carbocycles. The van der Waals surface area contributed by atoms with Crippen molar-refractivity contribution in [1.29, 1.82) is 0 Å². The molecule has 1 N–H and O–H groups in total. The summed E-state index contributed by atoms with van der Waals surface area (Å²) in [4.78, 5) is 32.5. The minimum absolute atomic E-state index is 0.259. The highest BCUT2D eigenvalue weighted by Gasteiger charge is 2.42. The minimum atomic E-state index is -0.697. The van der Waals surface area contributed by atoms with Crippen LogP contribution in [0.5, 0.6) is 5.75 Å². The lowest BCUT2D eigenvalue weighted by molar-refractivity contribution is -0.127. The molecule has 3 heterocycles. The van der Waals surface area contributed by atoms with Gasteiger partial charge in [0.15, 0.2) is 0 Å². The number of benzene rings is 2. The van der Waals surface area contributed by atoms with E-state index in [1.165, 1.54) is 4.90 Å². The number of aromatic nitrogens is 1. The van der Waals surface area contributed by atoms with Gasteiger partial charge in [0, 0.05) is 47.4 Å². The highest BCUT2D eigenvalue weighted by Crippen LogP contribution is 2.47. The molecule has 1 atom stereocenters. The Kier molecular flexibility index (Phi) is 5.27. The Labute approximate surface area is 198 Å². The minimum Gasteiger partial charge on any atom is -0.497 e. The van der Waals surface area contributed by atoms with E-state index in [1.807, 2.05) is 48.5 Å². The summed E-state index contributed by atoms with van der Waals surface area (Å²) in [7, 11) is 1.62. The van der Waals surface area contributed by atoms with Crippen LogP contribution in [0.2, 0.25) is 0 Å². The SMILES string of the molecule is COc1cccc(C2C3=C(CCN(C(=O)OC(C)(C)C)C3=O)Nc3ccc4ncccc4c32)c1. The van der Waals surface area contributed by atoms with Crippen molar-refractivity contribution >= 4 is 28.6 Å². The Bertz CT molecular complexity index is 1340. The molecule has 3 aromatic rings. The van der Waals surface area contributed by atoms with E-state index in [2.05, 4.69) is 10.3 Å². The summed E-state index contributed by atoms with van der Waals surface area (Å²) in [6.45, 7) is 5.64. The Morgan fingerprint density at radius 1 is 1.15 bits per heavy atom. The van der Waals surface area contributed by atoms with Crippen LogP contribution >= 0.6 is 0 Å². The van der Waals surface area contributed by atoms with Gasteiger partial charge in [-0.1, -0.05) is 18.2 Å². The normalized spacial score (nSPS) is 17.7. The van der Waals surface area contributed by atoms with Crippen LogP contribution in [0.3, 0.4) is 0 Å². The number of hydrogen-bond acceptors (Lipinski definition) is 6. The Hall–Kier alpha value is -3.87. The van der Waals surface area contributed by atoms with Crippen molar-refractivity contribution in [2.45, 2.75) is 38.7 Å². The van der Waals surface area contributed by atoms with Crippen molar-refractivity contribution in [3.63, 3.8) is 0 Å². The smallest absolute Gasteiger partial charge is 0.417 e. The lowest BCUT2D eigenvalue weighted by atomic mass is 9.77. The molecule has 7 heteroatoms. The molecule has 2 aliphatic heterocycles. The van der Waals surface area contributed by atoms with Crippen molar-refractivity contribution in [2.75, 3.05) is 19.0 Å². The average Bonchev–Trinajstić information content (AvgIpc) is 2.81. The summed E-state index contributed by atoms with van der Waals surface area (Å²) >= 11 is 0. The number of fused-ring (bicyclic) bond motifs is 3. The molecular weight excluding hydrogens is 430 g/mol. The highest BCUT2D eigenvalue weighted by molar-refractivity contribution is 6.08. The van der Waals surface area contributed by atoms with Crippen LogP contribution in [0.25, 0.3) is 10.9 Å². The number of carbonyl (C=O) groups excluding carboxylic acids is 2. The molecule has 34 heavy (non-hydrogen) atoms. The molecule has 0 spiro atoms. The molecule has 0 radical (unpaired) electrons. The summed E-state index contributed by atoms with van der Waals surface area (Å²) in [6.07, 6.45) is 1.65. The topological polar surface area (TPSA) is 80.8 Å². The molecule has 2 aliphatic rings. The van der Waals surface area contributed by atoms with Crippen LogP contribution in [0.4, 0.5) is 10.5 Å². The number of imide groups is 1. The van der Waals surface area contributed by atoms with Gasteiger partial charge in [-0.25, -0.2) is 9.69 Å². The first-order valence-corrected chi connectivity index (χ1v) is 11.3. The number of ether oxygens (including phenoxy) is 2. The van der Waals surface area contributed by atoms with Crippen molar-refractivity contribution in [3.8, 4) is 5.75 Å². The Morgan fingerprint density at radius 2 is 1.97 bits per heavy atom. The van der Waals surface area contributed by atoms with Gasteiger partial charge in [0.05, 0.1) is 12.6 Å². The van der Waals surface area contributed by atoms with E-state index in [4.69, 9.17) is 9.47 Å². The number of methoxy groups -OCH3 is 1. The van der Waals surface area contributed by atoms with E-state index in [1.54, 1.807) is 34.1 Å². The van der Waals surface area contributed by atoms with Crippen molar-refractivity contribution in [2.24, 2.45) is 0 Å². The van der Waals surface area contributed by atoms with Crippen LogP contribution < -0.4 is 10.1 Å². The quantitative estimate of drug-likeness (QED) is 0.568. The summed E-state index contributed by atoms with van der Waals surface area (Å²) < 4.78 is 11.0. The molecule has 2 aromatic carbocycles. The standard InChI is InChI=1S/C27H27N3O4/c1-27(2,3)34-26(32)30-14-12-21-24(25(30)31)22(16-7-5-8-17(15-16)33-4)23-18-9-6-13-28-19(18)10-11-20(23)29-21/h5-11,13,15,22,29H,12,14H2,1-4H3. The van der Waals surface area contributed by atoms with Crippen molar-refractivity contribution < 1.29 is 19.1 Å². The first-order valence-electron chi connectivity index (χ1n) is 11.3. The van der Waals surface area contributed by atoms with E-state index in [0.29, 0.717) is 17.7 Å². The number of rotatable bonds is 2. The lowest BCUT2D eigenvalue weighted by Crippen LogP contribution is -2.47. The number of anilines is 1. The van der Waals surface area contributed by atoms with Gasteiger partial charge in [-0.05, 0) is 62.2 Å². The highest BCUT2D eigenvalue weighted by atomic mass is 16.6. The number of carbonyl (C=O) groups is 2. The summed E-state index contributed by atoms with van der Waals surface area (Å²) in [5, 5.41) is 4.43. The zero-order valence-electron chi connectivity index (χ0n) is 19.7. The van der Waals surface area contributed by atoms with Crippen molar-refractivity contribution in [3.05, 3.63) is 77.1 Å². The summed E-state index contributed by atoms with van der Waals surface area (Å²) in [6, 6.07) is 15.6. The second kappa shape index (κ2) is 8.17. The number of nitrogens with one attached hydrogen (secondary N) is 1.